The van der Waals surface area contributed by atoms with E-state index in [1.54, 1.807) is 40.3 Å². The van der Waals surface area contributed by atoms with E-state index in [4.69, 9.17) is 0 Å². The highest BCUT2D eigenvalue weighted by atomic mass is 16.6. The Balaban J connectivity index is 1.60. The van der Waals surface area contributed by atoms with Crippen molar-refractivity contribution in [2.75, 3.05) is 0 Å². The maximum atomic E-state index is 12.7. The van der Waals surface area contributed by atoms with E-state index in [-0.39, 0.29) is 23.7 Å². The predicted octanol–water partition coefficient (Wildman–Crippen LogP) is 1.87. The van der Waals surface area contributed by atoms with Crippen LogP contribution >= 0.6 is 0 Å². The largest absolute Gasteiger partial charge is 0.332 e. The van der Waals surface area contributed by atoms with E-state index in [9.17, 15) is 14.9 Å². The van der Waals surface area contributed by atoms with Crippen molar-refractivity contribution in [1.29, 1.82) is 0 Å². The third kappa shape index (κ3) is 3.14. The summed E-state index contributed by atoms with van der Waals surface area (Å²) in [5, 5.41) is 15.5. The summed E-state index contributed by atoms with van der Waals surface area (Å²) in [4.78, 5) is 33.7. The van der Waals surface area contributed by atoms with E-state index < -0.39 is 4.92 Å². The van der Waals surface area contributed by atoms with E-state index >= 15 is 0 Å². The summed E-state index contributed by atoms with van der Waals surface area (Å²) in [7, 11) is 1.83. The molecule has 0 unspecified atom stereocenters. The Labute approximate surface area is 154 Å². The minimum Gasteiger partial charge on any atom is -0.332 e. The zero-order valence-corrected chi connectivity index (χ0v) is 14.6. The number of hydrogen-bond donors (Lipinski definition) is 0. The Bertz CT molecular complexity index is 1030. The van der Waals surface area contributed by atoms with Crippen molar-refractivity contribution in [1.82, 2.24) is 24.6 Å². The topological polar surface area (TPSA) is 107 Å². The molecule has 0 N–H and O–H groups in total. The van der Waals surface area contributed by atoms with Gasteiger partial charge in [-0.2, -0.15) is 5.10 Å². The molecule has 0 saturated carbocycles. The second kappa shape index (κ2) is 6.60. The van der Waals surface area contributed by atoms with E-state index in [1.165, 1.54) is 6.07 Å². The number of carbonyl (C=O) groups excluding carboxylic acids is 1. The molecule has 0 atom stereocenters. The van der Waals surface area contributed by atoms with Gasteiger partial charge < -0.3 is 4.90 Å². The Hall–Kier alpha value is -3.62. The normalized spacial score (nSPS) is 12.9. The minimum absolute atomic E-state index is 0.133. The Morgan fingerprint density at radius 3 is 2.81 bits per heavy atom. The molecule has 9 heteroatoms. The first-order valence-corrected chi connectivity index (χ1v) is 8.35. The van der Waals surface area contributed by atoms with Crippen molar-refractivity contribution in [2.45, 2.75) is 19.5 Å². The highest BCUT2D eigenvalue weighted by Crippen LogP contribution is 2.26. The van der Waals surface area contributed by atoms with Gasteiger partial charge in [0.25, 0.3) is 5.69 Å². The number of amides is 1. The molecule has 136 valence electrons. The molecular weight excluding hydrogens is 348 g/mol. The van der Waals surface area contributed by atoms with Gasteiger partial charge >= 0.3 is 0 Å². The van der Waals surface area contributed by atoms with Crippen LogP contribution in [0, 0.1) is 10.1 Å². The van der Waals surface area contributed by atoms with Crippen LogP contribution in [0.15, 0.2) is 42.9 Å². The van der Waals surface area contributed by atoms with Crippen LogP contribution in [0.25, 0.3) is 11.3 Å². The molecule has 0 saturated heterocycles. The highest BCUT2D eigenvalue weighted by molar-refractivity contribution is 5.80. The molecule has 9 nitrogen and oxygen atoms in total. The number of rotatable bonds is 4. The maximum absolute atomic E-state index is 12.7. The van der Waals surface area contributed by atoms with Gasteiger partial charge in [0.05, 0.1) is 35.5 Å². The van der Waals surface area contributed by atoms with Gasteiger partial charge in [-0.05, 0) is 18.2 Å². The first kappa shape index (κ1) is 16.8. The molecule has 3 aromatic rings. The molecule has 0 aromatic carbocycles. The smallest absolute Gasteiger partial charge is 0.291 e. The SMILES string of the molecule is Cn1ncc2c1CN(C(=O)Cc1nc(-c3cccnc3)ccc1[N+](=O)[O-])C2. The Morgan fingerprint density at radius 2 is 2.11 bits per heavy atom. The zero-order valence-electron chi connectivity index (χ0n) is 14.6. The Kier molecular flexibility index (Phi) is 4.11. The lowest BCUT2D eigenvalue weighted by Crippen LogP contribution is -2.28. The quantitative estimate of drug-likeness (QED) is 0.517. The van der Waals surface area contributed by atoms with Crippen LogP contribution in [-0.2, 0) is 31.4 Å². The lowest BCUT2D eigenvalue weighted by atomic mass is 10.1. The van der Waals surface area contributed by atoms with E-state index in [1.807, 2.05) is 13.1 Å². The first-order chi connectivity index (χ1) is 13.0. The van der Waals surface area contributed by atoms with Gasteiger partial charge in [0.1, 0.15) is 5.69 Å². The van der Waals surface area contributed by atoms with Crippen molar-refractivity contribution in [3.8, 4) is 11.3 Å². The van der Waals surface area contributed by atoms with E-state index in [0.29, 0.717) is 18.8 Å². The van der Waals surface area contributed by atoms with Crippen LogP contribution in [0.5, 0.6) is 0 Å². The fraction of sp³-hybridized carbons (Fsp3) is 0.222. The summed E-state index contributed by atoms with van der Waals surface area (Å²) < 4.78 is 1.74. The maximum Gasteiger partial charge on any atom is 0.291 e. The molecule has 3 aromatic heterocycles. The van der Waals surface area contributed by atoms with Gasteiger partial charge in [-0.25, -0.2) is 4.98 Å². The first-order valence-electron chi connectivity index (χ1n) is 8.35. The van der Waals surface area contributed by atoms with Gasteiger partial charge in [0.15, 0.2) is 0 Å². The fourth-order valence-corrected chi connectivity index (χ4v) is 3.18. The van der Waals surface area contributed by atoms with Gasteiger partial charge in [0.2, 0.25) is 5.91 Å². The Morgan fingerprint density at radius 1 is 1.26 bits per heavy atom. The third-order valence-corrected chi connectivity index (χ3v) is 4.63. The van der Waals surface area contributed by atoms with Crippen LogP contribution in [0.3, 0.4) is 0 Å². The second-order valence-corrected chi connectivity index (χ2v) is 6.33. The summed E-state index contributed by atoms with van der Waals surface area (Å²) >= 11 is 0. The molecule has 0 radical (unpaired) electrons. The molecule has 27 heavy (non-hydrogen) atoms. The number of fused-ring (bicyclic) bond motifs is 1. The molecule has 1 aliphatic heterocycles. The summed E-state index contributed by atoms with van der Waals surface area (Å²) in [5.74, 6) is -0.204. The molecule has 4 heterocycles. The van der Waals surface area contributed by atoms with E-state index in [2.05, 4.69) is 15.1 Å². The highest BCUT2D eigenvalue weighted by Gasteiger charge is 2.28. The second-order valence-electron chi connectivity index (χ2n) is 6.33. The average Bonchev–Trinajstić information content (AvgIpc) is 3.24. The fourth-order valence-electron chi connectivity index (χ4n) is 3.18. The number of nitrogens with zero attached hydrogens (tertiary/aromatic N) is 6. The van der Waals surface area contributed by atoms with Gasteiger partial charge in [-0.15, -0.1) is 0 Å². The molecule has 1 amide bonds. The summed E-state index contributed by atoms with van der Waals surface area (Å²) in [6, 6.07) is 6.54. The van der Waals surface area contributed by atoms with Gasteiger partial charge in [-0.3, -0.25) is 24.6 Å². The van der Waals surface area contributed by atoms with Crippen molar-refractivity contribution in [3.63, 3.8) is 0 Å². The van der Waals surface area contributed by atoms with Gasteiger partial charge in [0, 0.05) is 43.2 Å². The number of carbonyl (C=O) groups is 1. The van der Waals surface area contributed by atoms with Crippen LogP contribution in [0.2, 0.25) is 0 Å². The lowest BCUT2D eigenvalue weighted by molar-refractivity contribution is -0.385. The standard InChI is InChI=1S/C18H16N6O3/c1-22-17-11-23(10-13(17)9-20-22)18(25)7-15-16(24(26)27)5-4-14(21-15)12-3-2-6-19-8-12/h2-6,8-9H,7,10-11H2,1H3. The number of nitro groups is 1. The van der Waals surface area contributed by atoms with Crippen molar-refractivity contribution in [2.24, 2.45) is 7.05 Å². The van der Waals surface area contributed by atoms with Crippen LogP contribution in [0.1, 0.15) is 17.0 Å². The molecular formula is C18H16N6O3. The lowest BCUT2D eigenvalue weighted by Gasteiger charge is -2.16. The van der Waals surface area contributed by atoms with Crippen molar-refractivity contribution < 1.29 is 9.72 Å². The van der Waals surface area contributed by atoms with Crippen LogP contribution in [0.4, 0.5) is 5.69 Å². The van der Waals surface area contributed by atoms with E-state index in [0.717, 1.165) is 16.8 Å². The predicted molar refractivity (Wildman–Crippen MR) is 95.3 cm³/mol. The molecule has 0 fully saturated rings. The average molecular weight is 364 g/mol. The van der Waals surface area contributed by atoms with Crippen molar-refractivity contribution >= 4 is 11.6 Å². The molecule has 0 spiro atoms. The monoisotopic (exact) mass is 364 g/mol. The summed E-state index contributed by atoms with van der Waals surface area (Å²) in [5.41, 5.74) is 3.26. The summed E-state index contributed by atoms with van der Waals surface area (Å²) in [6.45, 7) is 0.902. The minimum atomic E-state index is -0.509. The number of aromatic nitrogens is 4. The summed E-state index contributed by atoms with van der Waals surface area (Å²) in [6.07, 6.45) is 4.88. The number of pyridine rings is 2. The molecule has 0 bridgehead atoms. The molecule has 1 aliphatic rings. The number of aryl methyl sites for hydroxylation is 1. The van der Waals surface area contributed by atoms with Crippen LogP contribution in [-0.4, -0.2) is 35.5 Å². The number of hydrogen-bond acceptors (Lipinski definition) is 6. The van der Waals surface area contributed by atoms with Gasteiger partial charge in [-0.1, -0.05) is 0 Å². The molecule has 0 aliphatic carbocycles. The van der Waals surface area contributed by atoms with Crippen LogP contribution < -0.4 is 0 Å². The van der Waals surface area contributed by atoms with Crippen molar-refractivity contribution in [3.05, 3.63) is 69.9 Å². The zero-order chi connectivity index (χ0) is 19.0. The molecule has 4 rings (SSSR count). The third-order valence-electron chi connectivity index (χ3n) is 4.63.